The van der Waals surface area contributed by atoms with E-state index in [1.54, 1.807) is 18.0 Å². The van der Waals surface area contributed by atoms with E-state index in [-0.39, 0.29) is 30.0 Å². The molecule has 1 N–H and O–H groups in total. The van der Waals surface area contributed by atoms with Gasteiger partial charge in [0.2, 0.25) is 11.8 Å². The van der Waals surface area contributed by atoms with E-state index in [4.69, 9.17) is 4.74 Å². The number of fused-ring (bicyclic) bond motifs is 1. The van der Waals surface area contributed by atoms with Gasteiger partial charge in [0.1, 0.15) is 6.04 Å². The Morgan fingerprint density at radius 3 is 2.55 bits per heavy atom. The topological polar surface area (TPSA) is 103 Å². The molecule has 4 rings (SSSR count). The lowest BCUT2D eigenvalue weighted by Gasteiger charge is -2.28. The minimum atomic E-state index is -0.703. The zero-order valence-electron chi connectivity index (χ0n) is 17.5. The van der Waals surface area contributed by atoms with E-state index in [2.05, 4.69) is 17.2 Å². The molecule has 2 saturated heterocycles. The number of benzene rings is 1. The van der Waals surface area contributed by atoms with Gasteiger partial charge in [0.25, 0.3) is 0 Å². The van der Waals surface area contributed by atoms with Crippen LogP contribution in [-0.2, 0) is 21.4 Å². The van der Waals surface area contributed by atoms with Crippen LogP contribution in [0.2, 0.25) is 0 Å². The van der Waals surface area contributed by atoms with Crippen molar-refractivity contribution >= 4 is 28.9 Å². The first-order valence-electron chi connectivity index (χ1n) is 10.3. The predicted molar refractivity (Wildman–Crippen MR) is 112 cm³/mol. The summed E-state index contributed by atoms with van der Waals surface area (Å²) >= 11 is 0. The van der Waals surface area contributed by atoms with E-state index in [0.29, 0.717) is 30.5 Å². The lowest BCUT2D eigenvalue weighted by molar-refractivity contribution is -0.135. The Morgan fingerprint density at radius 1 is 1.13 bits per heavy atom. The molecule has 0 radical (unpaired) electrons. The number of nitrogens with zero attached hydrogens (tertiary/aromatic N) is 3. The second-order valence-corrected chi connectivity index (χ2v) is 7.88. The first-order chi connectivity index (χ1) is 14.9. The Morgan fingerprint density at radius 2 is 1.87 bits per heavy atom. The molecule has 31 heavy (non-hydrogen) atoms. The number of carbonyl (C=O) groups is 3. The monoisotopic (exact) mass is 424 g/mol. The van der Waals surface area contributed by atoms with Gasteiger partial charge in [-0.05, 0) is 37.5 Å². The van der Waals surface area contributed by atoms with E-state index >= 15 is 0 Å². The number of ether oxygens (including phenoxy) is 1. The van der Waals surface area contributed by atoms with Gasteiger partial charge >= 0.3 is 11.8 Å². The number of likely N-dealkylation sites (tertiary alicyclic amines) is 1. The number of amides is 3. The van der Waals surface area contributed by atoms with Crippen molar-refractivity contribution in [1.29, 1.82) is 0 Å². The fourth-order valence-corrected chi connectivity index (χ4v) is 4.19. The summed E-state index contributed by atoms with van der Waals surface area (Å²) in [7, 11) is 3.04. The van der Waals surface area contributed by atoms with Gasteiger partial charge in [0, 0.05) is 38.0 Å². The molecule has 2 aliphatic heterocycles. The minimum absolute atomic E-state index is 0.188. The molecule has 0 spiro atoms. The van der Waals surface area contributed by atoms with Crippen LogP contribution < -0.4 is 11.0 Å². The van der Waals surface area contributed by atoms with Crippen LogP contribution in [0.4, 0.5) is 4.79 Å². The van der Waals surface area contributed by atoms with Gasteiger partial charge in [-0.25, -0.2) is 9.59 Å². The Labute approximate surface area is 178 Å². The van der Waals surface area contributed by atoms with Crippen LogP contribution in [0.5, 0.6) is 0 Å². The van der Waals surface area contributed by atoms with Crippen LogP contribution in [0.25, 0.3) is 11.0 Å². The maximum Gasteiger partial charge on any atom is 0.409 e. The van der Waals surface area contributed by atoms with Crippen molar-refractivity contribution in [2.45, 2.75) is 31.7 Å². The summed E-state index contributed by atoms with van der Waals surface area (Å²) in [5, 5.41) is 2.31. The molecule has 162 valence electrons. The number of hydrogen-bond donors (Lipinski definition) is 1. The van der Waals surface area contributed by atoms with E-state index in [1.807, 2.05) is 12.1 Å². The molecular formula is C22H24N4O5. The number of rotatable bonds is 1. The molecular weight excluding hydrogens is 400 g/mol. The third kappa shape index (κ3) is 3.93. The summed E-state index contributed by atoms with van der Waals surface area (Å²) in [6.45, 7) is 1.24. The molecule has 1 aromatic heterocycles. The number of carbonyl (C=O) groups excluding carboxylic acids is 3. The summed E-state index contributed by atoms with van der Waals surface area (Å²) in [6.07, 6.45) is 1.77. The average molecular weight is 424 g/mol. The second-order valence-electron chi connectivity index (χ2n) is 7.88. The first kappa shape index (κ1) is 20.7. The fraction of sp³-hybridized carbons (Fsp3) is 0.455. The highest BCUT2D eigenvalue weighted by molar-refractivity contribution is 6.00. The molecule has 1 atom stereocenters. The highest BCUT2D eigenvalue weighted by Gasteiger charge is 2.31. The molecule has 3 amide bonds. The minimum Gasteiger partial charge on any atom is -0.453 e. The number of hydrogen-bond acceptors (Lipinski definition) is 5. The van der Waals surface area contributed by atoms with Gasteiger partial charge in [0.15, 0.2) is 0 Å². The zero-order valence-corrected chi connectivity index (χ0v) is 17.5. The van der Waals surface area contributed by atoms with Crippen LogP contribution in [-0.4, -0.2) is 52.1 Å². The Balaban J connectivity index is 1.57. The van der Waals surface area contributed by atoms with Crippen LogP contribution >= 0.6 is 0 Å². The second kappa shape index (κ2) is 8.30. The maximum absolute atomic E-state index is 12.8. The average Bonchev–Trinajstić information content (AvgIpc) is 3.02. The summed E-state index contributed by atoms with van der Waals surface area (Å²) in [5.74, 6) is 5.88. The molecule has 2 aromatic rings. The van der Waals surface area contributed by atoms with Crippen molar-refractivity contribution in [2.24, 2.45) is 13.0 Å². The Hall–Kier alpha value is -3.54. The number of imidazole rings is 1. The third-order valence-corrected chi connectivity index (χ3v) is 5.96. The lowest BCUT2D eigenvalue weighted by atomic mass is 9.97. The van der Waals surface area contributed by atoms with Crippen LogP contribution in [0.15, 0.2) is 23.0 Å². The Kier molecular flexibility index (Phi) is 5.55. The highest BCUT2D eigenvalue weighted by Crippen LogP contribution is 2.24. The third-order valence-electron chi connectivity index (χ3n) is 5.96. The summed E-state index contributed by atoms with van der Waals surface area (Å²) < 4.78 is 7.71. The fourth-order valence-electron chi connectivity index (χ4n) is 4.19. The van der Waals surface area contributed by atoms with Gasteiger partial charge in [0.05, 0.1) is 18.1 Å². The molecule has 1 unspecified atom stereocenters. The van der Waals surface area contributed by atoms with Gasteiger partial charge in [-0.2, -0.15) is 0 Å². The van der Waals surface area contributed by atoms with Crippen molar-refractivity contribution in [3.63, 3.8) is 0 Å². The normalized spacial score (nSPS) is 19.7. The summed E-state index contributed by atoms with van der Waals surface area (Å²) in [4.78, 5) is 49.8. The lowest BCUT2D eigenvalue weighted by Crippen LogP contribution is -2.44. The van der Waals surface area contributed by atoms with Crippen LogP contribution in [0.3, 0.4) is 0 Å². The summed E-state index contributed by atoms with van der Waals surface area (Å²) in [6, 6.07) is 4.77. The number of methoxy groups -OCH3 is 1. The standard InChI is InChI=1S/C22H24N4O5/c1-24-18-13-15(4-3-14-9-11-25(12-10-14)22(30)31-2)5-6-16(18)26(21(24)29)17-7-8-19(27)23-20(17)28/h5-6,13-14,17H,7-12H2,1-2H3,(H,23,27,28). The highest BCUT2D eigenvalue weighted by atomic mass is 16.5. The molecule has 1 aromatic carbocycles. The smallest absolute Gasteiger partial charge is 0.409 e. The van der Waals surface area contributed by atoms with E-state index in [1.165, 1.54) is 16.2 Å². The number of aryl methyl sites for hydroxylation is 1. The Bertz CT molecular complexity index is 1170. The van der Waals surface area contributed by atoms with Gasteiger partial charge < -0.3 is 9.64 Å². The van der Waals surface area contributed by atoms with Gasteiger partial charge in [-0.1, -0.05) is 11.8 Å². The van der Waals surface area contributed by atoms with Gasteiger partial charge in [-0.3, -0.25) is 24.0 Å². The number of piperidine rings is 2. The van der Waals surface area contributed by atoms with Crippen molar-refractivity contribution in [1.82, 2.24) is 19.4 Å². The SMILES string of the molecule is COC(=O)N1CCC(C#Cc2ccc3c(c2)n(C)c(=O)n3C2CCC(=O)NC2=O)CC1. The first-order valence-corrected chi connectivity index (χ1v) is 10.3. The molecule has 0 bridgehead atoms. The molecule has 9 nitrogen and oxygen atoms in total. The van der Waals surface area contributed by atoms with Gasteiger partial charge in [-0.15, -0.1) is 0 Å². The molecule has 3 heterocycles. The molecule has 2 aliphatic rings. The van der Waals surface area contributed by atoms with Crippen molar-refractivity contribution < 1.29 is 19.1 Å². The number of nitrogens with one attached hydrogen (secondary N) is 1. The predicted octanol–water partition coefficient (Wildman–Crippen LogP) is 1.15. The molecule has 9 heteroatoms. The maximum atomic E-state index is 12.8. The van der Waals surface area contributed by atoms with Crippen LogP contribution in [0.1, 0.15) is 37.3 Å². The largest absolute Gasteiger partial charge is 0.453 e. The van der Waals surface area contributed by atoms with E-state index in [0.717, 1.165) is 18.4 Å². The molecule has 2 fully saturated rings. The summed E-state index contributed by atoms with van der Waals surface area (Å²) in [5.41, 5.74) is 1.80. The van der Waals surface area contributed by atoms with Crippen molar-refractivity contribution in [3.8, 4) is 11.8 Å². The van der Waals surface area contributed by atoms with Crippen LogP contribution in [0, 0.1) is 17.8 Å². The van der Waals surface area contributed by atoms with E-state index < -0.39 is 11.9 Å². The molecule has 0 saturated carbocycles. The number of aromatic nitrogens is 2. The molecule has 0 aliphatic carbocycles. The van der Waals surface area contributed by atoms with E-state index in [9.17, 15) is 19.2 Å². The van der Waals surface area contributed by atoms with Crippen molar-refractivity contribution in [3.05, 3.63) is 34.2 Å². The quantitative estimate of drug-likeness (QED) is 0.547. The van der Waals surface area contributed by atoms with Crippen molar-refractivity contribution in [2.75, 3.05) is 20.2 Å². The zero-order chi connectivity index (χ0) is 22.1. The number of imide groups is 1.